The lowest BCUT2D eigenvalue weighted by molar-refractivity contribution is -0.138. The van der Waals surface area contributed by atoms with Gasteiger partial charge in [-0.1, -0.05) is 48.5 Å². The summed E-state index contributed by atoms with van der Waals surface area (Å²) in [5, 5.41) is 21.3. The Morgan fingerprint density at radius 3 is 1.05 bits per heavy atom. The van der Waals surface area contributed by atoms with Gasteiger partial charge in [0.25, 0.3) is 0 Å². The highest BCUT2D eigenvalue weighted by Gasteiger charge is 2.30. The topological polar surface area (TPSA) is 58.9 Å². The first-order valence-corrected chi connectivity index (χ1v) is 12.0. The third-order valence-electron chi connectivity index (χ3n) is 6.12. The van der Waals surface area contributed by atoms with Crippen LogP contribution in [0.15, 0.2) is 97.1 Å². The average Bonchev–Trinajstić information content (AvgIpc) is 2.94. The minimum atomic E-state index is -4.42. The van der Waals surface area contributed by atoms with Crippen LogP contribution in [0, 0.1) is 0 Å². The number of benzene rings is 4. The summed E-state index contributed by atoms with van der Waals surface area (Å²) in [6.07, 6.45) is -11.3. The van der Waals surface area contributed by atoms with Gasteiger partial charge >= 0.3 is 12.4 Å². The Balaban J connectivity index is 1.29. The van der Waals surface area contributed by atoms with Crippen LogP contribution in [0.5, 0.6) is 11.5 Å². The quantitative estimate of drug-likeness (QED) is 0.206. The van der Waals surface area contributed by atoms with Crippen molar-refractivity contribution in [3.8, 4) is 11.5 Å². The van der Waals surface area contributed by atoms with Crippen molar-refractivity contribution >= 4 is 0 Å². The number of aliphatic hydroxyl groups is 2. The highest BCUT2D eigenvalue weighted by molar-refractivity contribution is 5.32. The van der Waals surface area contributed by atoms with Gasteiger partial charge in [0.1, 0.15) is 36.9 Å². The van der Waals surface area contributed by atoms with Crippen LogP contribution in [0.2, 0.25) is 0 Å². The van der Waals surface area contributed by atoms with Crippen LogP contribution in [0.25, 0.3) is 0 Å². The van der Waals surface area contributed by atoms with E-state index in [1.54, 1.807) is 48.5 Å². The Bertz CT molecular complexity index is 1260. The van der Waals surface area contributed by atoms with Gasteiger partial charge < -0.3 is 19.7 Å². The largest absolute Gasteiger partial charge is 0.489 e. The maximum absolute atomic E-state index is 12.7. The van der Waals surface area contributed by atoms with E-state index in [9.17, 15) is 36.6 Å². The number of ether oxygens (including phenoxy) is 2. The standard InChI is InChI=1S/C30H24F6O4/c31-29(32,33)23-9-13-25(14-10-23)39-17-19-1-5-21(6-2-19)27(37)28(38)22-7-3-20(4-8-22)18-40-26-15-11-24(12-16-26)30(34,35)36/h1-16,27-28,37-38H,17-18H2. The molecule has 0 saturated carbocycles. The zero-order valence-electron chi connectivity index (χ0n) is 20.8. The van der Waals surface area contributed by atoms with E-state index in [0.29, 0.717) is 22.3 Å². The van der Waals surface area contributed by atoms with E-state index < -0.39 is 35.7 Å². The molecule has 0 aliphatic carbocycles. The fourth-order valence-electron chi connectivity index (χ4n) is 3.80. The van der Waals surface area contributed by atoms with Crippen LogP contribution in [-0.2, 0) is 25.6 Å². The lowest BCUT2D eigenvalue weighted by Crippen LogP contribution is -2.10. The molecule has 4 aromatic rings. The van der Waals surface area contributed by atoms with Gasteiger partial charge in [-0.2, -0.15) is 26.3 Å². The highest BCUT2D eigenvalue weighted by Crippen LogP contribution is 2.32. The van der Waals surface area contributed by atoms with Gasteiger partial charge in [0.2, 0.25) is 0 Å². The number of rotatable bonds is 9. The summed E-state index contributed by atoms with van der Waals surface area (Å²) in [7, 11) is 0. The van der Waals surface area contributed by atoms with Crippen molar-refractivity contribution in [1.82, 2.24) is 0 Å². The molecule has 2 atom stereocenters. The maximum atomic E-state index is 12.7. The van der Waals surface area contributed by atoms with Crippen molar-refractivity contribution < 1.29 is 46.0 Å². The molecule has 210 valence electrons. The first-order valence-electron chi connectivity index (χ1n) is 12.0. The molecule has 0 fully saturated rings. The van der Waals surface area contributed by atoms with Gasteiger partial charge in [-0.3, -0.25) is 0 Å². The molecule has 10 heteroatoms. The van der Waals surface area contributed by atoms with Crippen molar-refractivity contribution in [1.29, 1.82) is 0 Å². The number of alkyl halides is 6. The van der Waals surface area contributed by atoms with Crippen LogP contribution >= 0.6 is 0 Å². The molecule has 2 N–H and O–H groups in total. The molecule has 2 unspecified atom stereocenters. The van der Waals surface area contributed by atoms with Gasteiger partial charge in [0.15, 0.2) is 0 Å². The van der Waals surface area contributed by atoms with Crippen LogP contribution in [-0.4, -0.2) is 10.2 Å². The molecular formula is C30H24F6O4. The molecule has 0 bridgehead atoms. The summed E-state index contributed by atoms with van der Waals surface area (Å²) in [6.45, 7) is 0.195. The number of aliphatic hydroxyl groups excluding tert-OH is 2. The molecule has 0 aromatic heterocycles. The smallest absolute Gasteiger partial charge is 0.416 e. The predicted molar refractivity (Wildman–Crippen MR) is 134 cm³/mol. The van der Waals surface area contributed by atoms with Crippen molar-refractivity contribution in [3.05, 3.63) is 130 Å². The third-order valence-corrected chi connectivity index (χ3v) is 6.12. The summed E-state index contributed by atoms with van der Waals surface area (Å²) < 4.78 is 87.1. The molecule has 0 heterocycles. The van der Waals surface area contributed by atoms with Crippen molar-refractivity contribution in [2.75, 3.05) is 0 Å². The van der Waals surface area contributed by atoms with Crippen molar-refractivity contribution in [2.45, 2.75) is 37.8 Å². The van der Waals surface area contributed by atoms with Gasteiger partial charge in [-0.25, -0.2) is 0 Å². The summed E-state index contributed by atoms with van der Waals surface area (Å²) in [5.74, 6) is 0.557. The van der Waals surface area contributed by atoms with E-state index in [2.05, 4.69) is 0 Å². The zero-order chi connectivity index (χ0) is 28.9. The van der Waals surface area contributed by atoms with E-state index in [-0.39, 0.29) is 24.7 Å². The molecule has 40 heavy (non-hydrogen) atoms. The second kappa shape index (κ2) is 12.0. The predicted octanol–water partition coefficient (Wildman–Crippen LogP) is 7.65. The first kappa shape index (κ1) is 29.0. The van der Waals surface area contributed by atoms with E-state index in [4.69, 9.17) is 9.47 Å². The molecule has 4 rings (SSSR count). The molecule has 0 amide bonds. The Labute approximate surface area is 226 Å². The Hall–Kier alpha value is -4.02. The molecule has 4 aromatic carbocycles. The van der Waals surface area contributed by atoms with Gasteiger partial charge in [-0.15, -0.1) is 0 Å². The number of hydrogen-bond donors (Lipinski definition) is 2. The molecule has 0 saturated heterocycles. The number of halogens is 6. The van der Waals surface area contributed by atoms with Gasteiger partial charge in [0.05, 0.1) is 11.1 Å². The Morgan fingerprint density at radius 2 is 0.775 bits per heavy atom. The van der Waals surface area contributed by atoms with E-state index >= 15 is 0 Å². The minimum Gasteiger partial charge on any atom is -0.489 e. The monoisotopic (exact) mass is 562 g/mol. The molecule has 0 aliphatic rings. The van der Waals surface area contributed by atoms with Crippen LogP contribution in [0.4, 0.5) is 26.3 Å². The molecule has 0 radical (unpaired) electrons. The lowest BCUT2D eigenvalue weighted by atomic mass is 9.97. The summed E-state index contributed by atoms with van der Waals surface area (Å²) in [5.41, 5.74) is 0.780. The van der Waals surface area contributed by atoms with E-state index in [1.807, 2.05) is 0 Å². The SMILES string of the molecule is OC(c1ccc(COc2ccc(C(F)(F)F)cc2)cc1)C(O)c1ccc(COc2ccc(C(F)(F)F)cc2)cc1. The Morgan fingerprint density at radius 1 is 0.475 bits per heavy atom. The second-order valence-corrected chi connectivity index (χ2v) is 8.99. The van der Waals surface area contributed by atoms with Gasteiger partial charge in [-0.05, 0) is 70.8 Å². The van der Waals surface area contributed by atoms with Crippen LogP contribution < -0.4 is 9.47 Å². The molecular weight excluding hydrogens is 538 g/mol. The number of hydrogen-bond acceptors (Lipinski definition) is 4. The highest BCUT2D eigenvalue weighted by atomic mass is 19.4. The molecule has 0 spiro atoms. The Kier molecular flexibility index (Phi) is 8.70. The maximum Gasteiger partial charge on any atom is 0.416 e. The average molecular weight is 563 g/mol. The second-order valence-electron chi connectivity index (χ2n) is 8.99. The molecule has 0 aliphatic heterocycles. The van der Waals surface area contributed by atoms with E-state index in [0.717, 1.165) is 24.3 Å². The first-order chi connectivity index (χ1) is 18.9. The fourth-order valence-corrected chi connectivity index (χ4v) is 3.80. The van der Waals surface area contributed by atoms with Crippen molar-refractivity contribution in [2.24, 2.45) is 0 Å². The van der Waals surface area contributed by atoms with Crippen LogP contribution in [0.3, 0.4) is 0 Å². The zero-order valence-corrected chi connectivity index (χ0v) is 20.8. The summed E-state index contributed by atoms with van der Waals surface area (Å²) in [6, 6.07) is 21.9. The summed E-state index contributed by atoms with van der Waals surface area (Å²) in [4.78, 5) is 0. The minimum absolute atomic E-state index is 0.0975. The fraction of sp³-hybridized carbons (Fsp3) is 0.200. The molecule has 4 nitrogen and oxygen atoms in total. The third kappa shape index (κ3) is 7.55. The van der Waals surface area contributed by atoms with E-state index in [1.165, 1.54) is 24.3 Å². The van der Waals surface area contributed by atoms with Gasteiger partial charge in [0, 0.05) is 0 Å². The van der Waals surface area contributed by atoms with Crippen molar-refractivity contribution in [3.63, 3.8) is 0 Å². The lowest BCUT2D eigenvalue weighted by Gasteiger charge is -2.19. The normalized spacial score (nSPS) is 13.5. The summed E-state index contributed by atoms with van der Waals surface area (Å²) >= 11 is 0. The van der Waals surface area contributed by atoms with Crippen LogP contribution in [0.1, 0.15) is 45.6 Å².